The standard InChI is InChI=1S/C16H22N4O/c1-4-13-11(2)19-20(12(13)3)10-9-16(21)18-15-8-6-5-7-14(15)17/h5-8H,4,9-10,17H2,1-3H3,(H,18,21). The molecule has 2 rings (SSSR count). The maximum absolute atomic E-state index is 12.0. The number of nitrogens with zero attached hydrogens (tertiary/aromatic N) is 2. The average Bonchev–Trinajstić information content (AvgIpc) is 2.73. The fourth-order valence-electron chi connectivity index (χ4n) is 2.49. The lowest BCUT2D eigenvalue weighted by Gasteiger charge is -2.08. The number of nitrogens with two attached hydrogens (primary N) is 1. The third kappa shape index (κ3) is 3.42. The summed E-state index contributed by atoms with van der Waals surface area (Å²) >= 11 is 0. The summed E-state index contributed by atoms with van der Waals surface area (Å²) in [6, 6.07) is 7.25. The van der Waals surface area contributed by atoms with E-state index in [-0.39, 0.29) is 5.91 Å². The highest BCUT2D eigenvalue weighted by atomic mass is 16.1. The van der Waals surface area contributed by atoms with E-state index in [0.717, 1.165) is 17.8 Å². The first-order valence-corrected chi connectivity index (χ1v) is 7.20. The summed E-state index contributed by atoms with van der Waals surface area (Å²) in [5.41, 5.74) is 10.5. The van der Waals surface area contributed by atoms with E-state index >= 15 is 0 Å². The lowest BCUT2D eigenvalue weighted by atomic mass is 10.1. The van der Waals surface area contributed by atoms with Gasteiger partial charge in [-0.25, -0.2) is 0 Å². The number of anilines is 2. The molecule has 0 unspecified atom stereocenters. The number of hydrogen-bond acceptors (Lipinski definition) is 3. The molecule has 1 aromatic carbocycles. The van der Waals surface area contributed by atoms with E-state index in [0.29, 0.717) is 24.3 Å². The van der Waals surface area contributed by atoms with Crippen molar-refractivity contribution in [3.63, 3.8) is 0 Å². The van der Waals surface area contributed by atoms with Gasteiger partial charge >= 0.3 is 0 Å². The summed E-state index contributed by atoms with van der Waals surface area (Å²) in [4.78, 5) is 12.0. The largest absolute Gasteiger partial charge is 0.397 e. The van der Waals surface area contributed by atoms with Crippen LogP contribution in [0.3, 0.4) is 0 Å². The number of aryl methyl sites for hydroxylation is 2. The van der Waals surface area contributed by atoms with Gasteiger partial charge in [0.15, 0.2) is 0 Å². The monoisotopic (exact) mass is 286 g/mol. The van der Waals surface area contributed by atoms with E-state index in [9.17, 15) is 4.79 Å². The molecule has 1 heterocycles. The van der Waals surface area contributed by atoms with Crippen molar-refractivity contribution in [2.45, 2.75) is 40.2 Å². The van der Waals surface area contributed by atoms with Crippen molar-refractivity contribution in [3.8, 4) is 0 Å². The van der Waals surface area contributed by atoms with Crippen molar-refractivity contribution < 1.29 is 4.79 Å². The maximum atomic E-state index is 12.0. The summed E-state index contributed by atoms with van der Waals surface area (Å²) in [6.07, 6.45) is 1.34. The molecule has 5 nitrogen and oxygen atoms in total. The predicted molar refractivity (Wildman–Crippen MR) is 85.2 cm³/mol. The van der Waals surface area contributed by atoms with Crippen LogP contribution >= 0.6 is 0 Å². The molecule has 0 bridgehead atoms. The summed E-state index contributed by atoms with van der Waals surface area (Å²) in [7, 11) is 0. The number of para-hydroxylation sites is 2. The highest BCUT2D eigenvalue weighted by molar-refractivity contribution is 5.93. The van der Waals surface area contributed by atoms with Gasteiger partial charge in [0.1, 0.15) is 0 Å². The van der Waals surface area contributed by atoms with E-state index in [1.165, 1.54) is 5.56 Å². The number of aromatic nitrogens is 2. The molecule has 21 heavy (non-hydrogen) atoms. The van der Waals surface area contributed by atoms with Crippen molar-refractivity contribution >= 4 is 17.3 Å². The average molecular weight is 286 g/mol. The topological polar surface area (TPSA) is 72.9 Å². The van der Waals surface area contributed by atoms with Crippen LogP contribution in [0.2, 0.25) is 0 Å². The van der Waals surface area contributed by atoms with Crippen LogP contribution in [0.4, 0.5) is 11.4 Å². The number of nitrogens with one attached hydrogen (secondary N) is 1. The van der Waals surface area contributed by atoms with E-state index < -0.39 is 0 Å². The smallest absolute Gasteiger partial charge is 0.226 e. The minimum Gasteiger partial charge on any atom is -0.397 e. The molecule has 2 aromatic rings. The van der Waals surface area contributed by atoms with Crippen LogP contribution in [-0.2, 0) is 17.8 Å². The molecule has 0 aliphatic rings. The fraction of sp³-hybridized carbons (Fsp3) is 0.375. The van der Waals surface area contributed by atoms with Crippen LogP contribution in [0.25, 0.3) is 0 Å². The van der Waals surface area contributed by atoms with Gasteiger partial charge in [0, 0.05) is 18.7 Å². The third-order valence-corrected chi connectivity index (χ3v) is 3.67. The van der Waals surface area contributed by atoms with Crippen LogP contribution in [0.1, 0.15) is 30.3 Å². The number of hydrogen-bond donors (Lipinski definition) is 2. The van der Waals surface area contributed by atoms with Crippen molar-refractivity contribution in [2.24, 2.45) is 0 Å². The second kappa shape index (κ2) is 6.43. The van der Waals surface area contributed by atoms with Gasteiger partial charge in [0.25, 0.3) is 0 Å². The molecular weight excluding hydrogens is 264 g/mol. The van der Waals surface area contributed by atoms with Gasteiger partial charge in [-0.15, -0.1) is 0 Å². The lowest BCUT2D eigenvalue weighted by molar-refractivity contribution is -0.116. The van der Waals surface area contributed by atoms with E-state index in [4.69, 9.17) is 5.73 Å². The Labute approximate surface area is 125 Å². The first-order valence-electron chi connectivity index (χ1n) is 7.20. The van der Waals surface area contributed by atoms with E-state index in [1.54, 1.807) is 12.1 Å². The second-order valence-electron chi connectivity index (χ2n) is 5.11. The van der Waals surface area contributed by atoms with Crippen LogP contribution in [0.5, 0.6) is 0 Å². The van der Waals surface area contributed by atoms with Gasteiger partial charge in [-0.3, -0.25) is 9.48 Å². The Morgan fingerprint density at radius 3 is 2.67 bits per heavy atom. The quantitative estimate of drug-likeness (QED) is 0.830. The molecule has 0 aliphatic carbocycles. The first kappa shape index (κ1) is 15.1. The van der Waals surface area contributed by atoms with Crippen molar-refractivity contribution in [2.75, 3.05) is 11.1 Å². The number of nitrogen functional groups attached to an aromatic ring is 1. The Kier molecular flexibility index (Phi) is 4.62. The maximum Gasteiger partial charge on any atom is 0.226 e. The van der Waals surface area contributed by atoms with Crippen molar-refractivity contribution in [1.29, 1.82) is 0 Å². The zero-order chi connectivity index (χ0) is 15.4. The van der Waals surface area contributed by atoms with Crippen LogP contribution in [0, 0.1) is 13.8 Å². The molecule has 0 spiro atoms. The van der Waals surface area contributed by atoms with Gasteiger partial charge in [-0.1, -0.05) is 19.1 Å². The Balaban J connectivity index is 1.97. The normalized spacial score (nSPS) is 10.6. The molecule has 0 aliphatic heterocycles. The molecule has 0 fully saturated rings. The second-order valence-corrected chi connectivity index (χ2v) is 5.11. The predicted octanol–water partition coefficient (Wildman–Crippen LogP) is 2.67. The number of carbonyl (C=O) groups is 1. The molecule has 0 radical (unpaired) electrons. The molecule has 0 saturated heterocycles. The highest BCUT2D eigenvalue weighted by Gasteiger charge is 2.11. The van der Waals surface area contributed by atoms with Crippen LogP contribution < -0.4 is 11.1 Å². The van der Waals surface area contributed by atoms with Crippen LogP contribution in [0.15, 0.2) is 24.3 Å². The highest BCUT2D eigenvalue weighted by Crippen LogP contribution is 2.17. The summed E-state index contributed by atoms with van der Waals surface area (Å²) in [5, 5.41) is 7.32. The summed E-state index contributed by atoms with van der Waals surface area (Å²) in [6.45, 7) is 6.75. The van der Waals surface area contributed by atoms with Crippen molar-refractivity contribution in [1.82, 2.24) is 9.78 Å². The Hall–Kier alpha value is -2.30. The molecular formula is C16H22N4O. The van der Waals surface area contributed by atoms with Crippen LogP contribution in [-0.4, -0.2) is 15.7 Å². The minimum absolute atomic E-state index is 0.0569. The molecule has 1 aromatic heterocycles. The molecule has 3 N–H and O–H groups in total. The number of rotatable bonds is 5. The fourth-order valence-corrected chi connectivity index (χ4v) is 2.49. The zero-order valence-corrected chi connectivity index (χ0v) is 12.8. The summed E-state index contributed by atoms with van der Waals surface area (Å²) < 4.78 is 1.90. The van der Waals surface area contributed by atoms with Crippen molar-refractivity contribution in [3.05, 3.63) is 41.2 Å². The lowest BCUT2D eigenvalue weighted by Crippen LogP contribution is -2.16. The SMILES string of the molecule is CCc1c(C)nn(CCC(=O)Nc2ccccc2N)c1C. The van der Waals surface area contributed by atoms with Gasteiger partial charge in [0.2, 0.25) is 5.91 Å². The number of benzene rings is 1. The van der Waals surface area contributed by atoms with Gasteiger partial charge in [-0.05, 0) is 38.0 Å². The number of carbonyl (C=O) groups excluding carboxylic acids is 1. The van der Waals surface area contributed by atoms with E-state index in [2.05, 4.69) is 17.3 Å². The minimum atomic E-state index is -0.0569. The Morgan fingerprint density at radius 1 is 1.33 bits per heavy atom. The van der Waals surface area contributed by atoms with Gasteiger partial charge in [-0.2, -0.15) is 5.10 Å². The van der Waals surface area contributed by atoms with E-state index in [1.807, 2.05) is 30.7 Å². The molecule has 5 heteroatoms. The van der Waals surface area contributed by atoms with Gasteiger partial charge in [0.05, 0.1) is 17.1 Å². The molecule has 0 atom stereocenters. The summed E-state index contributed by atoms with van der Waals surface area (Å²) in [5.74, 6) is -0.0569. The number of amides is 1. The molecule has 112 valence electrons. The third-order valence-electron chi connectivity index (χ3n) is 3.67. The van der Waals surface area contributed by atoms with Gasteiger partial charge < -0.3 is 11.1 Å². The molecule has 1 amide bonds. The Morgan fingerprint density at radius 2 is 2.05 bits per heavy atom. The zero-order valence-electron chi connectivity index (χ0n) is 12.8. The molecule has 0 saturated carbocycles. The first-order chi connectivity index (χ1) is 10.0. The Bertz CT molecular complexity index is 646.